The Bertz CT molecular complexity index is 381. The molecule has 4 heteroatoms. The van der Waals surface area contributed by atoms with Gasteiger partial charge in [0.2, 0.25) is 0 Å². The fourth-order valence-corrected chi connectivity index (χ4v) is 2.20. The van der Waals surface area contributed by atoms with Crippen LogP contribution >= 0.6 is 0 Å². The third kappa shape index (κ3) is 4.04. The molecule has 1 fully saturated rings. The summed E-state index contributed by atoms with van der Waals surface area (Å²) in [6.07, 6.45) is 0.674. The number of hydrogen-bond donors (Lipinski definition) is 2. The molecule has 18 heavy (non-hydrogen) atoms. The Morgan fingerprint density at radius 1 is 1.39 bits per heavy atom. The van der Waals surface area contributed by atoms with Gasteiger partial charge in [0.1, 0.15) is 6.61 Å². The molecule has 0 spiro atoms. The summed E-state index contributed by atoms with van der Waals surface area (Å²) in [5, 5.41) is 6.19. The quantitative estimate of drug-likeness (QED) is 0.859. The van der Waals surface area contributed by atoms with Crippen LogP contribution in [0, 0.1) is 5.92 Å². The van der Waals surface area contributed by atoms with Gasteiger partial charge >= 0.3 is 6.09 Å². The molecular formula is C14H20N2O2. The minimum Gasteiger partial charge on any atom is -0.445 e. The summed E-state index contributed by atoms with van der Waals surface area (Å²) in [4.78, 5) is 11.6. The first-order chi connectivity index (χ1) is 8.74. The average Bonchev–Trinajstić information content (AvgIpc) is 2.38. The van der Waals surface area contributed by atoms with Crippen molar-refractivity contribution in [2.75, 3.05) is 13.1 Å². The van der Waals surface area contributed by atoms with E-state index in [4.69, 9.17) is 4.74 Å². The first-order valence-corrected chi connectivity index (χ1v) is 6.42. The van der Waals surface area contributed by atoms with Crippen LogP contribution in [-0.2, 0) is 11.3 Å². The zero-order valence-electron chi connectivity index (χ0n) is 10.7. The van der Waals surface area contributed by atoms with Gasteiger partial charge in [-0.25, -0.2) is 4.79 Å². The molecule has 0 aromatic heterocycles. The average molecular weight is 248 g/mol. The van der Waals surface area contributed by atoms with Crippen LogP contribution in [0.4, 0.5) is 4.79 Å². The maximum atomic E-state index is 11.6. The number of benzene rings is 1. The molecule has 1 aromatic rings. The number of piperidine rings is 1. The summed E-state index contributed by atoms with van der Waals surface area (Å²) in [6.45, 7) is 4.35. The van der Waals surface area contributed by atoms with Crippen molar-refractivity contribution in [1.82, 2.24) is 10.6 Å². The second-order valence-corrected chi connectivity index (χ2v) is 4.90. The van der Waals surface area contributed by atoms with Gasteiger partial charge < -0.3 is 15.4 Å². The highest BCUT2D eigenvalue weighted by atomic mass is 16.5. The van der Waals surface area contributed by atoms with Gasteiger partial charge in [-0.2, -0.15) is 0 Å². The second-order valence-electron chi connectivity index (χ2n) is 4.90. The fraction of sp³-hybridized carbons (Fsp3) is 0.500. The highest BCUT2D eigenvalue weighted by Crippen LogP contribution is 2.09. The molecule has 0 bridgehead atoms. The Morgan fingerprint density at radius 3 is 2.89 bits per heavy atom. The van der Waals surface area contributed by atoms with Crippen LogP contribution in [0.5, 0.6) is 0 Å². The minimum absolute atomic E-state index is 0.178. The van der Waals surface area contributed by atoms with Gasteiger partial charge in [0.25, 0.3) is 0 Å². The molecule has 0 aliphatic carbocycles. The maximum absolute atomic E-state index is 11.6. The van der Waals surface area contributed by atoms with E-state index in [0.29, 0.717) is 12.5 Å². The highest BCUT2D eigenvalue weighted by Gasteiger charge is 2.20. The third-order valence-electron chi connectivity index (χ3n) is 3.11. The molecule has 0 radical (unpaired) electrons. The van der Waals surface area contributed by atoms with E-state index in [0.717, 1.165) is 25.1 Å². The smallest absolute Gasteiger partial charge is 0.407 e. The summed E-state index contributed by atoms with van der Waals surface area (Å²) in [6, 6.07) is 9.87. The summed E-state index contributed by atoms with van der Waals surface area (Å²) in [5.74, 6) is 0.596. The lowest BCUT2D eigenvalue weighted by molar-refractivity contribution is 0.132. The Balaban J connectivity index is 1.72. The van der Waals surface area contributed by atoms with Crippen molar-refractivity contribution in [2.45, 2.75) is 26.0 Å². The molecule has 1 aromatic carbocycles. The SMILES string of the molecule is C[C@@H]1CNC[C@H](NC(=O)OCc2ccccc2)C1. The van der Waals surface area contributed by atoms with E-state index >= 15 is 0 Å². The van der Waals surface area contributed by atoms with Crippen LogP contribution in [0.3, 0.4) is 0 Å². The Kier molecular flexibility index (Phi) is 4.59. The summed E-state index contributed by atoms with van der Waals surface area (Å²) in [7, 11) is 0. The monoisotopic (exact) mass is 248 g/mol. The number of carbonyl (C=O) groups excluding carboxylic acids is 1. The highest BCUT2D eigenvalue weighted by molar-refractivity contribution is 5.67. The van der Waals surface area contributed by atoms with E-state index in [1.807, 2.05) is 30.3 Å². The number of amides is 1. The molecule has 2 atom stereocenters. The van der Waals surface area contributed by atoms with Crippen LogP contribution < -0.4 is 10.6 Å². The van der Waals surface area contributed by atoms with Gasteiger partial charge in [-0.3, -0.25) is 0 Å². The zero-order chi connectivity index (χ0) is 12.8. The van der Waals surface area contributed by atoms with E-state index < -0.39 is 0 Å². The molecule has 1 saturated heterocycles. The van der Waals surface area contributed by atoms with Crippen LogP contribution in [0.25, 0.3) is 0 Å². The molecule has 0 unspecified atom stereocenters. The molecule has 4 nitrogen and oxygen atoms in total. The number of nitrogens with one attached hydrogen (secondary N) is 2. The van der Waals surface area contributed by atoms with Crippen LogP contribution in [0.1, 0.15) is 18.9 Å². The number of hydrogen-bond acceptors (Lipinski definition) is 3. The first kappa shape index (κ1) is 12.9. The molecule has 1 amide bonds. The first-order valence-electron chi connectivity index (χ1n) is 6.42. The van der Waals surface area contributed by atoms with Gasteiger partial charge in [0.15, 0.2) is 0 Å². The number of alkyl carbamates (subject to hydrolysis) is 1. The van der Waals surface area contributed by atoms with Crippen molar-refractivity contribution < 1.29 is 9.53 Å². The number of ether oxygens (including phenoxy) is 1. The molecule has 2 N–H and O–H groups in total. The molecule has 1 aliphatic heterocycles. The lowest BCUT2D eigenvalue weighted by atomic mass is 9.98. The van der Waals surface area contributed by atoms with E-state index in [-0.39, 0.29) is 12.1 Å². The Morgan fingerprint density at radius 2 is 2.17 bits per heavy atom. The van der Waals surface area contributed by atoms with Gasteiger partial charge in [0.05, 0.1) is 0 Å². The molecule has 2 rings (SSSR count). The number of carbonyl (C=O) groups is 1. The fourth-order valence-electron chi connectivity index (χ4n) is 2.20. The van der Waals surface area contributed by atoms with Gasteiger partial charge in [0, 0.05) is 12.6 Å². The maximum Gasteiger partial charge on any atom is 0.407 e. The van der Waals surface area contributed by atoms with Gasteiger partial charge in [-0.05, 0) is 24.4 Å². The molecule has 0 saturated carbocycles. The summed E-state index contributed by atoms with van der Waals surface area (Å²) < 4.78 is 5.19. The van der Waals surface area contributed by atoms with E-state index in [2.05, 4.69) is 17.6 Å². The molecule has 1 aliphatic rings. The van der Waals surface area contributed by atoms with Crippen molar-refractivity contribution in [2.24, 2.45) is 5.92 Å². The topological polar surface area (TPSA) is 50.4 Å². The van der Waals surface area contributed by atoms with Gasteiger partial charge in [-0.15, -0.1) is 0 Å². The third-order valence-corrected chi connectivity index (χ3v) is 3.11. The summed E-state index contributed by atoms with van der Waals surface area (Å²) >= 11 is 0. The van der Waals surface area contributed by atoms with Crippen molar-refractivity contribution in [3.05, 3.63) is 35.9 Å². The van der Waals surface area contributed by atoms with E-state index in [1.54, 1.807) is 0 Å². The van der Waals surface area contributed by atoms with Crippen molar-refractivity contribution >= 4 is 6.09 Å². The lowest BCUT2D eigenvalue weighted by Gasteiger charge is -2.28. The van der Waals surface area contributed by atoms with E-state index in [1.165, 1.54) is 0 Å². The normalized spacial score (nSPS) is 23.4. The standard InChI is InChI=1S/C14H20N2O2/c1-11-7-13(9-15-8-11)16-14(17)18-10-12-5-3-2-4-6-12/h2-6,11,13,15H,7-10H2,1H3,(H,16,17)/t11-,13+/m0/s1. The van der Waals surface area contributed by atoms with Crippen molar-refractivity contribution in [3.8, 4) is 0 Å². The minimum atomic E-state index is -0.334. The number of rotatable bonds is 3. The Hall–Kier alpha value is -1.55. The van der Waals surface area contributed by atoms with E-state index in [9.17, 15) is 4.79 Å². The lowest BCUT2D eigenvalue weighted by Crippen LogP contribution is -2.48. The molecular weight excluding hydrogens is 228 g/mol. The van der Waals surface area contributed by atoms with Crippen molar-refractivity contribution in [3.63, 3.8) is 0 Å². The Labute approximate surface area is 108 Å². The second kappa shape index (κ2) is 6.40. The predicted octanol–water partition coefficient (Wildman–Crippen LogP) is 1.91. The predicted molar refractivity (Wildman–Crippen MR) is 70.2 cm³/mol. The van der Waals surface area contributed by atoms with Crippen molar-refractivity contribution in [1.29, 1.82) is 0 Å². The zero-order valence-corrected chi connectivity index (χ0v) is 10.7. The van der Waals surface area contributed by atoms with Gasteiger partial charge in [-0.1, -0.05) is 37.3 Å². The van der Waals surface area contributed by atoms with Crippen LogP contribution in [0.2, 0.25) is 0 Å². The summed E-state index contributed by atoms with van der Waals surface area (Å²) in [5.41, 5.74) is 1.00. The van der Waals surface area contributed by atoms with Crippen LogP contribution in [0.15, 0.2) is 30.3 Å². The largest absolute Gasteiger partial charge is 0.445 e. The molecule has 1 heterocycles. The molecule has 98 valence electrons. The van der Waals surface area contributed by atoms with Crippen LogP contribution in [-0.4, -0.2) is 25.2 Å².